The Morgan fingerprint density at radius 3 is 2.29 bits per heavy atom. The van der Waals surface area contributed by atoms with Gasteiger partial charge in [0.15, 0.2) is 24.7 Å². The van der Waals surface area contributed by atoms with E-state index in [-0.39, 0.29) is 37.1 Å². The van der Waals surface area contributed by atoms with E-state index in [0.29, 0.717) is 6.54 Å². The van der Waals surface area contributed by atoms with E-state index in [0.717, 1.165) is 0 Å². The quantitative estimate of drug-likeness (QED) is 0.795. The van der Waals surface area contributed by atoms with Gasteiger partial charge in [-0.15, -0.1) is 12.4 Å². The fourth-order valence-corrected chi connectivity index (χ4v) is 1.25. The normalized spacial score (nSPS) is 10.5. The second-order valence-electron chi connectivity index (χ2n) is 3.78. The van der Waals surface area contributed by atoms with Crippen LogP contribution in [0.4, 0.5) is 13.2 Å². The van der Waals surface area contributed by atoms with Crippen LogP contribution in [0, 0.1) is 0 Å². The van der Waals surface area contributed by atoms with Crippen LogP contribution >= 0.6 is 12.4 Å². The molecular formula is C12H16ClF3N2O3. The number of para-hydroxylation sites is 2. The van der Waals surface area contributed by atoms with Crippen LogP contribution in [-0.4, -0.2) is 38.4 Å². The molecule has 0 radical (unpaired) electrons. The summed E-state index contributed by atoms with van der Waals surface area (Å²) in [6, 6.07) is 5.82. The van der Waals surface area contributed by atoms with Crippen LogP contribution in [0.2, 0.25) is 0 Å². The summed E-state index contributed by atoms with van der Waals surface area (Å²) in [7, 11) is 0. The Hall–Kier alpha value is -1.67. The van der Waals surface area contributed by atoms with Crippen molar-refractivity contribution in [2.24, 2.45) is 5.73 Å². The number of nitrogens with two attached hydrogens (primary N) is 1. The Morgan fingerprint density at radius 1 is 1.19 bits per heavy atom. The smallest absolute Gasteiger partial charge is 0.422 e. The number of hydrogen-bond donors (Lipinski definition) is 2. The molecular weight excluding hydrogens is 313 g/mol. The van der Waals surface area contributed by atoms with Gasteiger partial charge in [0.25, 0.3) is 5.91 Å². The maximum absolute atomic E-state index is 12.1. The van der Waals surface area contributed by atoms with Gasteiger partial charge in [-0.25, -0.2) is 0 Å². The molecule has 0 aliphatic heterocycles. The second kappa shape index (κ2) is 9.30. The van der Waals surface area contributed by atoms with Crippen molar-refractivity contribution in [3.05, 3.63) is 24.3 Å². The van der Waals surface area contributed by atoms with Gasteiger partial charge in [-0.3, -0.25) is 4.79 Å². The Morgan fingerprint density at radius 2 is 1.76 bits per heavy atom. The van der Waals surface area contributed by atoms with Crippen molar-refractivity contribution < 1.29 is 27.4 Å². The summed E-state index contributed by atoms with van der Waals surface area (Å²) in [5.41, 5.74) is 5.21. The van der Waals surface area contributed by atoms with Crippen LogP contribution in [-0.2, 0) is 4.79 Å². The molecule has 0 fully saturated rings. The number of amides is 1. The van der Waals surface area contributed by atoms with Crippen molar-refractivity contribution in [3.8, 4) is 11.5 Å². The first-order valence-corrected chi connectivity index (χ1v) is 5.80. The first-order chi connectivity index (χ1) is 9.42. The predicted octanol–water partition coefficient (Wildman–Crippen LogP) is 1.50. The molecule has 5 nitrogen and oxygen atoms in total. The van der Waals surface area contributed by atoms with Crippen LogP contribution in [0.1, 0.15) is 0 Å². The zero-order valence-corrected chi connectivity index (χ0v) is 11.8. The molecule has 1 amide bonds. The number of carbonyl (C=O) groups is 1. The zero-order chi connectivity index (χ0) is 15.0. The van der Waals surface area contributed by atoms with Gasteiger partial charge < -0.3 is 20.5 Å². The highest BCUT2D eigenvalue weighted by molar-refractivity contribution is 5.85. The molecule has 1 aromatic carbocycles. The second-order valence-corrected chi connectivity index (χ2v) is 3.78. The number of carbonyl (C=O) groups excluding carboxylic acids is 1. The van der Waals surface area contributed by atoms with E-state index >= 15 is 0 Å². The Labute approximate surface area is 126 Å². The van der Waals surface area contributed by atoms with Crippen molar-refractivity contribution in [1.29, 1.82) is 0 Å². The summed E-state index contributed by atoms with van der Waals surface area (Å²) >= 11 is 0. The highest BCUT2D eigenvalue weighted by Crippen LogP contribution is 2.28. The summed E-state index contributed by atoms with van der Waals surface area (Å²) in [6.45, 7) is -1.16. The van der Waals surface area contributed by atoms with Gasteiger partial charge in [0, 0.05) is 13.1 Å². The number of benzene rings is 1. The molecule has 3 N–H and O–H groups in total. The molecule has 1 rings (SSSR count). The summed E-state index contributed by atoms with van der Waals surface area (Å²) < 4.78 is 46.0. The van der Waals surface area contributed by atoms with E-state index in [9.17, 15) is 18.0 Å². The molecule has 9 heteroatoms. The lowest BCUT2D eigenvalue weighted by molar-refractivity contribution is -0.153. The number of nitrogens with one attached hydrogen (secondary N) is 1. The predicted molar refractivity (Wildman–Crippen MR) is 72.8 cm³/mol. The average molecular weight is 329 g/mol. The van der Waals surface area contributed by atoms with E-state index in [2.05, 4.69) is 10.1 Å². The highest BCUT2D eigenvalue weighted by atomic mass is 35.5. The van der Waals surface area contributed by atoms with E-state index in [4.69, 9.17) is 10.5 Å². The summed E-state index contributed by atoms with van der Waals surface area (Å²) in [6.07, 6.45) is -4.44. The molecule has 0 unspecified atom stereocenters. The van der Waals surface area contributed by atoms with E-state index in [1.807, 2.05) is 0 Å². The van der Waals surface area contributed by atoms with Crippen LogP contribution in [0.3, 0.4) is 0 Å². The number of hydrogen-bond acceptors (Lipinski definition) is 4. The molecule has 0 spiro atoms. The lowest BCUT2D eigenvalue weighted by Crippen LogP contribution is -2.33. The number of ether oxygens (including phenoxy) is 2. The minimum atomic E-state index is -4.44. The molecule has 1 aromatic rings. The lowest BCUT2D eigenvalue weighted by atomic mass is 10.3. The highest BCUT2D eigenvalue weighted by Gasteiger charge is 2.28. The van der Waals surface area contributed by atoms with Gasteiger partial charge in [-0.1, -0.05) is 12.1 Å². The van der Waals surface area contributed by atoms with Crippen LogP contribution < -0.4 is 20.5 Å². The fraction of sp³-hybridized carbons (Fsp3) is 0.417. The summed E-state index contributed by atoms with van der Waals surface area (Å²) in [5.74, 6) is -0.419. The molecule has 0 heterocycles. The third-order valence-electron chi connectivity index (χ3n) is 2.07. The third kappa shape index (κ3) is 8.26. The van der Waals surface area contributed by atoms with Gasteiger partial charge in [0.2, 0.25) is 0 Å². The lowest BCUT2D eigenvalue weighted by Gasteiger charge is -2.13. The Bertz CT molecular complexity index is 444. The molecule has 0 bridgehead atoms. The van der Waals surface area contributed by atoms with Gasteiger partial charge in [-0.05, 0) is 12.1 Å². The van der Waals surface area contributed by atoms with Crippen molar-refractivity contribution in [2.75, 3.05) is 26.3 Å². The molecule has 0 aliphatic rings. The maximum Gasteiger partial charge on any atom is 0.422 e. The Kier molecular flexibility index (Phi) is 8.56. The first-order valence-electron chi connectivity index (χ1n) is 5.80. The topological polar surface area (TPSA) is 73.6 Å². The Balaban J connectivity index is 0.00000400. The van der Waals surface area contributed by atoms with Crippen molar-refractivity contribution >= 4 is 18.3 Å². The van der Waals surface area contributed by atoms with Gasteiger partial charge in [0.05, 0.1) is 0 Å². The minimum absolute atomic E-state index is 0. The third-order valence-corrected chi connectivity index (χ3v) is 2.07. The fourth-order valence-electron chi connectivity index (χ4n) is 1.25. The molecule has 21 heavy (non-hydrogen) atoms. The maximum atomic E-state index is 12.1. The van der Waals surface area contributed by atoms with E-state index < -0.39 is 18.7 Å². The number of halogens is 4. The van der Waals surface area contributed by atoms with Crippen LogP contribution in [0.25, 0.3) is 0 Å². The average Bonchev–Trinajstić information content (AvgIpc) is 2.40. The molecule has 0 aromatic heterocycles. The molecule has 0 saturated carbocycles. The number of rotatable bonds is 7. The van der Waals surface area contributed by atoms with E-state index in [1.54, 1.807) is 6.07 Å². The van der Waals surface area contributed by atoms with Crippen LogP contribution in [0.15, 0.2) is 24.3 Å². The molecule has 0 saturated heterocycles. The standard InChI is InChI=1S/C12H15F3N2O3.ClH/c13-12(14,15)8-20-10-4-2-1-3-9(10)19-7-11(18)17-6-5-16;/h1-4H,5-8,16H2,(H,17,18);1H. The molecule has 0 aliphatic carbocycles. The SMILES string of the molecule is Cl.NCCNC(=O)COc1ccccc1OCC(F)(F)F. The summed E-state index contributed by atoms with van der Waals surface area (Å²) in [4.78, 5) is 11.3. The van der Waals surface area contributed by atoms with Crippen LogP contribution in [0.5, 0.6) is 11.5 Å². The molecule has 120 valence electrons. The minimum Gasteiger partial charge on any atom is -0.480 e. The molecule has 0 atom stereocenters. The largest absolute Gasteiger partial charge is 0.480 e. The van der Waals surface area contributed by atoms with Crippen molar-refractivity contribution in [3.63, 3.8) is 0 Å². The van der Waals surface area contributed by atoms with Gasteiger partial charge in [-0.2, -0.15) is 13.2 Å². The van der Waals surface area contributed by atoms with Gasteiger partial charge in [0.1, 0.15) is 0 Å². The van der Waals surface area contributed by atoms with E-state index in [1.165, 1.54) is 18.2 Å². The van der Waals surface area contributed by atoms with Crippen molar-refractivity contribution in [2.45, 2.75) is 6.18 Å². The first kappa shape index (κ1) is 19.3. The zero-order valence-electron chi connectivity index (χ0n) is 11.0. The van der Waals surface area contributed by atoms with Gasteiger partial charge >= 0.3 is 6.18 Å². The monoisotopic (exact) mass is 328 g/mol. The van der Waals surface area contributed by atoms with Crippen molar-refractivity contribution in [1.82, 2.24) is 5.32 Å². The summed E-state index contributed by atoms with van der Waals surface area (Å²) in [5, 5.41) is 2.47. The number of alkyl halides is 3.